The van der Waals surface area contributed by atoms with E-state index in [-0.39, 0.29) is 29.9 Å². The number of benzene rings is 3. The van der Waals surface area contributed by atoms with Crippen LogP contribution < -0.4 is 10.1 Å². The number of likely N-dealkylation sites (tertiary alicyclic amines) is 1. The van der Waals surface area contributed by atoms with Crippen LogP contribution in [0.15, 0.2) is 72.8 Å². The van der Waals surface area contributed by atoms with Gasteiger partial charge in [0, 0.05) is 30.8 Å². The molecule has 3 aromatic rings. The number of aryl methyl sites for hydroxylation is 1. The molecule has 2 saturated carbocycles. The Morgan fingerprint density at radius 3 is 2.45 bits per heavy atom. The van der Waals surface area contributed by atoms with Gasteiger partial charge in [0.1, 0.15) is 17.7 Å². The van der Waals surface area contributed by atoms with Crippen molar-refractivity contribution in [1.82, 2.24) is 10.2 Å². The molecule has 2 aliphatic heterocycles. The van der Waals surface area contributed by atoms with Crippen LogP contribution in [0.3, 0.4) is 0 Å². The van der Waals surface area contributed by atoms with Gasteiger partial charge >= 0.3 is 5.97 Å². The van der Waals surface area contributed by atoms with Gasteiger partial charge in [0.2, 0.25) is 0 Å². The summed E-state index contributed by atoms with van der Waals surface area (Å²) >= 11 is 0. The van der Waals surface area contributed by atoms with Gasteiger partial charge < -0.3 is 19.3 Å². The fraction of sp³-hybridized carbons (Fsp3) is 0.548. The van der Waals surface area contributed by atoms with E-state index in [0.717, 1.165) is 68.7 Å². The molecule has 3 aromatic carbocycles. The molecule has 8 rings (SSSR count). The van der Waals surface area contributed by atoms with Crippen molar-refractivity contribution in [2.75, 3.05) is 19.7 Å². The number of carbonyl (C=O) groups excluding carboxylic acids is 1. The highest BCUT2D eigenvalue weighted by Gasteiger charge is 2.74. The Kier molecular flexibility index (Phi) is 8.53. The summed E-state index contributed by atoms with van der Waals surface area (Å²) in [5.74, 6) is 1.36. The van der Waals surface area contributed by atoms with E-state index in [1.54, 1.807) is 0 Å². The monoisotopic (exact) mass is 664 g/mol. The van der Waals surface area contributed by atoms with E-state index in [4.69, 9.17) is 14.2 Å². The highest BCUT2D eigenvalue weighted by molar-refractivity contribution is 5.77. The maximum Gasteiger partial charge on any atom is 0.324 e. The summed E-state index contributed by atoms with van der Waals surface area (Å²) < 4.78 is 20.4. The summed E-state index contributed by atoms with van der Waals surface area (Å²) in [6, 6.07) is 24.4. The third-order valence-corrected chi connectivity index (χ3v) is 11.9. The first-order valence-electron chi connectivity index (χ1n) is 18.6. The molecule has 3 fully saturated rings. The maximum absolute atomic E-state index is 13.9. The van der Waals surface area contributed by atoms with E-state index in [1.165, 1.54) is 24.0 Å². The van der Waals surface area contributed by atoms with Gasteiger partial charge in [-0.15, -0.1) is 0 Å². The molecule has 7 nitrogen and oxygen atoms in total. The standard InChI is InChI=1S/C42H52N2O5/c1-40(2,3)49-39(46)33(25-29-13-8-5-9-14-29)43-32-20-21-42(47-24-10-15-28-11-6-4-7-12-28)35-26-31-18-19-34(45)37-36(31)41(42,38(32)48-37)22-23-44(35)27-30-16-17-30/h4-9,11-14,18-19,30,32-33,35,38,43,45H,10,15-17,20-27H2,1-3H3/t32-,33+,35?,38+,41+,42-/m1/s1. The molecule has 260 valence electrons. The van der Waals surface area contributed by atoms with E-state index in [9.17, 15) is 9.90 Å². The van der Waals surface area contributed by atoms with Crippen LogP contribution in [0.1, 0.15) is 81.5 Å². The predicted molar refractivity (Wildman–Crippen MR) is 190 cm³/mol. The molecule has 2 heterocycles. The number of nitrogens with zero attached hydrogens (tertiary/aromatic N) is 1. The fourth-order valence-corrected chi connectivity index (χ4v) is 9.78. The van der Waals surface area contributed by atoms with Crippen LogP contribution in [-0.2, 0) is 38.9 Å². The summed E-state index contributed by atoms with van der Waals surface area (Å²) in [5, 5.41) is 15.1. The average molecular weight is 665 g/mol. The second kappa shape index (κ2) is 12.7. The largest absolute Gasteiger partial charge is 0.504 e. The number of carbonyl (C=O) groups is 1. The van der Waals surface area contributed by atoms with Crippen molar-refractivity contribution in [2.45, 2.75) is 119 Å². The van der Waals surface area contributed by atoms with E-state index in [1.807, 2.05) is 45.0 Å². The Labute approximate surface area is 291 Å². The number of hydrogen-bond donors (Lipinski definition) is 2. The molecule has 2 N–H and O–H groups in total. The normalized spacial score (nSPS) is 29.2. The first kappa shape index (κ1) is 32.8. The molecule has 0 aromatic heterocycles. The Morgan fingerprint density at radius 2 is 1.73 bits per heavy atom. The van der Waals surface area contributed by atoms with Crippen molar-refractivity contribution in [3.63, 3.8) is 0 Å². The zero-order valence-electron chi connectivity index (χ0n) is 29.3. The molecule has 6 atom stereocenters. The van der Waals surface area contributed by atoms with Crippen LogP contribution in [0.25, 0.3) is 0 Å². The van der Waals surface area contributed by atoms with Crippen LogP contribution in [0, 0.1) is 5.92 Å². The van der Waals surface area contributed by atoms with Gasteiger partial charge in [-0.1, -0.05) is 66.7 Å². The zero-order valence-corrected chi connectivity index (χ0v) is 29.3. The van der Waals surface area contributed by atoms with Crippen molar-refractivity contribution >= 4 is 5.97 Å². The quantitative estimate of drug-likeness (QED) is 0.169. The minimum absolute atomic E-state index is 0.129. The lowest BCUT2D eigenvalue weighted by molar-refractivity contribution is -0.221. The van der Waals surface area contributed by atoms with Crippen LogP contribution in [0.5, 0.6) is 11.5 Å². The van der Waals surface area contributed by atoms with Gasteiger partial charge in [-0.25, -0.2) is 0 Å². The first-order chi connectivity index (χ1) is 23.7. The van der Waals surface area contributed by atoms with Gasteiger partial charge in [-0.2, -0.15) is 0 Å². The number of nitrogens with one attached hydrogen (secondary N) is 1. The Bertz CT molecular complexity index is 1650. The molecule has 3 aliphatic carbocycles. The van der Waals surface area contributed by atoms with Crippen LogP contribution in [-0.4, -0.2) is 71.1 Å². The van der Waals surface area contributed by atoms with Gasteiger partial charge in [-0.3, -0.25) is 15.0 Å². The number of aromatic hydroxyl groups is 1. The van der Waals surface area contributed by atoms with Crippen molar-refractivity contribution in [2.24, 2.45) is 5.92 Å². The van der Waals surface area contributed by atoms with Gasteiger partial charge in [0.25, 0.3) is 0 Å². The van der Waals surface area contributed by atoms with Crippen LogP contribution >= 0.6 is 0 Å². The SMILES string of the molecule is CC(C)(C)OC(=O)[C@H](Cc1ccccc1)N[C@@H]1CC[C@@]2(OCCCc3ccccc3)C3Cc4ccc(O)c5c4[C@@]2(CCN3CC2CC2)[C@H]1O5. The lowest BCUT2D eigenvalue weighted by Crippen LogP contribution is -2.79. The third-order valence-electron chi connectivity index (χ3n) is 11.9. The fourth-order valence-electron chi connectivity index (χ4n) is 9.78. The molecule has 0 amide bonds. The number of hydrogen-bond acceptors (Lipinski definition) is 7. The van der Waals surface area contributed by atoms with Crippen LogP contribution in [0.2, 0.25) is 0 Å². The average Bonchev–Trinajstić information content (AvgIpc) is 3.83. The van der Waals surface area contributed by atoms with Crippen molar-refractivity contribution < 1.29 is 24.1 Å². The molecule has 49 heavy (non-hydrogen) atoms. The predicted octanol–water partition coefficient (Wildman–Crippen LogP) is 6.52. The van der Waals surface area contributed by atoms with Gasteiger partial charge in [0.05, 0.1) is 11.0 Å². The lowest BCUT2D eigenvalue weighted by Gasteiger charge is -2.66. The zero-order chi connectivity index (χ0) is 33.8. The number of rotatable bonds is 12. The molecular weight excluding hydrogens is 612 g/mol. The highest BCUT2D eigenvalue weighted by Crippen LogP contribution is 2.67. The minimum Gasteiger partial charge on any atom is -0.504 e. The second-order valence-electron chi connectivity index (χ2n) is 16.3. The molecular formula is C42H52N2O5. The van der Waals surface area contributed by atoms with Gasteiger partial charge in [-0.05, 0) is 114 Å². The number of esters is 1. The molecule has 1 spiro atoms. The maximum atomic E-state index is 13.9. The number of phenolic OH excluding ortho intramolecular Hbond substituents is 1. The minimum atomic E-state index is -0.604. The van der Waals surface area contributed by atoms with Gasteiger partial charge in [0.15, 0.2) is 11.5 Å². The molecule has 0 radical (unpaired) electrons. The summed E-state index contributed by atoms with van der Waals surface area (Å²) in [6.45, 7) is 8.55. The molecule has 5 aliphatic rings. The number of piperidine rings is 1. The van der Waals surface area contributed by atoms with E-state index < -0.39 is 22.7 Å². The topological polar surface area (TPSA) is 80.3 Å². The number of ether oxygens (including phenoxy) is 3. The summed E-state index contributed by atoms with van der Waals surface area (Å²) in [7, 11) is 0. The van der Waals surface area contributed by atoms with Crippen LogP contribution in [0.4, 0.5) is 0 Å². The molecule has 1 unspecified atom stereocenters. The van der Waals surface area contributed by atoms with E-state index in [2.05, 4.69) is 58.7 Å². The Hall–Kier alpha value is -3.39. The van der Waals surface area contributed by atoms with Crippen molar-refractivity contribution in [3.05, 3.63) is 95.1 Å². The Balaban J connectivity index is 1.15. The molecule has 1 saturated heterocycles. The smallest absolute Gasteiger partial charge is 0.324 e. The summed E-state index contributed by atoms with van der Waals surface area (Å²) in [6.07, 6.45) is 8.26. The molecule has 2 bridgehead atoms. The lowest BCUT2D eigenvalue weighted by atomic mass is 9.48. The summed E-state index contributed by atoms with van der Waals surface area (Å²) in [4.78, 5) is 16.6. The second-order valence-corrected chi connectivity index (χ2v) is 16.3. The highest BCUT2D eigenvalue weighted by atomic mass is 16.6. The molecule has 7 heteroatoms. The third kappa shape index (κ3) is 5.96. The first-order valence-corrected chi connectivity index (χ1v) is 18.6. The van der Waals surface area contributed by atoms with E-state index >= 15 is 0 Å². The van der Waals surface area contributed by atoms with Crippen molar-refractivity contribution in [1.29, 1.82) is 0 Å². The Morgan fingerprint density at radius 1 is 1.00 bits per heavy atom. The van der Waals surface area contributed by atoms with Crippen molar-refractivity contribution in [3.8, 4) is 11.5 Å². The number of phenols is 1. The summed E-state index contributed by atoms with van der Waals surface area (Å²) in [5.41, 5.74) is 3.36. The van der Waals surface area contributed by atoms with E-state index in [0.29, 0.717) is 18.8 Å².